The third-order valence-corrected chi connectivity index (χ3v) is 5.83. The van der Waals surface area contributed by atoms with Crippen LogP contribution in [0.15, 0.2) is 30.6 Å². The minimum atomic E-state index is 0.0544. The number of pyridine rings is 1. The Morgan fingerprint density at radius 3 is 2.56 bits per heavy atom. The van der Waals surface area contributed by atoms with Crippen molar-refractivity contribution < 1.29 is 4.79 Å². The van der Waals surface area contributed by atoms with Crippen molar-refractivity contribution in [2.45, 2.75) is 40.0 Å². The van der Waals surface area contributed by atoms with Crippen LogP contribution in [0.2, 0.25) is 0 Å². The standard InChI is InChI=1S/C21H26N2OS/c1-13(2)11-23-19(24)12-25-21(23)18-10-22-7-6-17(18)20-15(4)8-14(3)9-16(20)5/h6-10,13,21H,11-12H2,1-5H3. The lowest BCUT2D eigenvalue weighted by molar-refractivity contribution is -0.128. The van der Waals surface area contributed by atoms with Crippen molar-refractivity contribution in [1.29, 1.82) is 0 Å². The van der Waals surface area contributed by atoms with Crippen LogP contribution >= 0.6 is 11.8 Å². The Hall–Kier alpha value is -1.81. The number of carbonyl (C=O) groups excluding carboxylic acids is 1. The van der Waals surface area contributed by atoms with Crippen LogP contribution in [0, 0.1) is 26.7 Å². The highest BCUT2D eigenvalue weighted by Gasteiger charge is 2.34. The molecule has 0 N–H and O–H groups in total. The van der Waals surface area contributed by atoms with Crippen molar-refractivity contribution in [3.63, 3.8) is 0 Å². The molecule has 1 atom stereocenters. The molecule has 0 radical (unpaired) electrons. The molecule has 4 heteroatoms. The number of thioether (sulfide) groups is 1. The first kappa shape index (κ1) is 18.0. The van der Waals surface area contributed by atoms with Gasteiger partial charge >= 0.3 is 0 Å². The van der Waals surface area contributed by atoms with Crippen molar-refractivity contribution in [3.8, 4) is 11.1 Å². The maximum atomic E-state index is 12.4. The second-order valence-corrected chi connectivity index (χ2v) is 8.41. The summed E-state index contributed by atoms with van der Waals surface area (Å²) in [5.41, 5.74) is 7.44. The minimum Gasteiger partial charge on any atom is -0.325 e. The van der Waals surface area contributed by atoms with E-state index in [0.717, 1.165) is 12.1 Å². The lowest BCUT2D eigenvalue weighted by Gasteiger charge is -2.28. The molecule has 25 heavy (non-hydrogen) atoms. The molecular formula is C21H26N2OS. The Balaban J connectivity index is 2.10. The number of carbonyl (C=O) groups is 1. The largest absolute Gasteiger partial charge is 0.325 e. The summed E-state index contributed by atoms with van der Waals surface area (Å²) in [7, 11) is 0. The Morgan fingerprint density at radius 2 is 1.92 bits per heavy atom. The molecule has 1 aromatic heterocycles. The summed E-state index contributed by atoms with van der Waals surface area (Å²) in [5, 5.41) is 0.0544. The Labute approximate surface area is 154 Å². The van der Waals surface area contributed by atoms with Gasteiger partial charge in [-0.2, -0.15) is 0 Å². The fourth-order valence-corrected chi connectivity index (χ4v) is 4.96. The average molecular weight is 355 g/mol. The summed E-state index contributed by atoms with van der Waals surface area (Å²) in [6, 6.07) is 6.55. The van der Waals surface area contributed by atoms with Gasteiger partial charge in [-0.15, -0.1) is 11.8 Å². The van der Waals surface area contributed by atoms with E-state index < -0.39 is 0 Å². The molecule has 1 aromatic carbocycles. The number of aryl methyl sites for hydroxylation is 3. The predicted molar refractivity (Wildman–Crippen MR) is 106 cm³/mol. The molecule has 0 aliphatic carbocycles. The van der Waals surface area contributed by atoms with E-state index in [9.17, 15) is 4.79 Å². The third kappa shape index (κ3) is 3.59. The van der Waals surface area contributed by atoms with Crippen LogP contribution in [-0.2, 0) is 4.79 Å². The SMILES string of the molecule is Cc1cc(C)c(-c2ccncc2C2SCC(=O)N2CC(C)C)c(C)c1. The van der Waals surface area contributed by atoms with Gasteiger partial charge in [0.1, 0.15) is 5.37 Å². The van der Waals surface area contributed by atoms with Crippen LogP contribution < -0.4 is 0 Å². The van der Waals surface area contributed by atoms with Crippen molar-refractivity contribution in [1.82, 2.24) is 9.88 Å². The first-order chi connectivity index (χ1) is 11.9. The van der Waals surface area contributed by atoms with Crippen LogP contribution in [0.1, 0.15) is 41.5 Å². The van der Waals surface area contributed by atoms with E-state index in [1.807, 2.05) is 17.3 Å². The summed E-state index contributed by atoms with van der Waals surface area (Å²) in [6.07, 6.45) is 3.80. The zero-order valence-electron chi connectivity index (χ0n) is 15.7. The molecule has 1 aliphatic rings. The first-order valence-electron chi connectivity index (χ1n) is 8.81. The lowest BCUT2D eigenvalue weighted by atomic mass is 9.91. The molecular weight excluding hydrogens is 328 g/mol. The normalized spacial score (nSPS) is 17.6. The molecule has 0 saturated carbocycles. The molecule has 3 rings (SSSR count). The molecule has 1 fully saturated rings. The van der Waals surface area contributed by atoms with Gasteiger partial charge in [-0.1, -0.05) is 31.5 Å². The average Bonchev–Trinajstić information content (AvgIpc) is 2.87. The summed E-state index contributed by atoms with van der Waals surface area (Å²) < 4.78 is 0. The Kier molecular flexibility index (Phi) is 5.19. The van der Waals surface area contributed by atoms with E-state index in [2.05, 4.69) is 57.8 Å². The molecule has 132 valence electrons. The lowest BCUT2D eigenvalue weighted by Crippen LogP contribution is -2.32. The molecule has 1 aliphatic heterocycles. The Morgan fingerprint density at radius 1 is 1.24 bits per heavy atom. The molecule has 0 bridgehead atoms. The van der Waals surface area contributed by atoms with Gasteiger partial charge in [0.2, 0.25) is 5.91 Å². The quantitative estimate of drug-likeness (QED) is 0.782. The van der Waals surface area contributed by atoms with Gasteiger partial charge < -0.3 is 4.90 Å². The number of hydrogen-bond donors (Lipinski definition) is 0. The van der Waals surface area contributed by atoms with Gasteiger partial charge in [-0.05, 0) is 55.0 Å². The predicted octanol–water partition coefficient (Wildman–Crippen LogP) is 4.90. The van der Waals surface area contributed by atoms with E-state index in [4.69, 9.17) is 0 Å². The maximum Gasteiger partial charge on any atom is 0.233 e. The summed E-state index contributed by atoms with van der Waals surface area (Å²) in [4.78, 5) is 18.8. The zero-order chi connectivity index (χ0) is 18.1. The van der Waals surface area contributed by atoms with E-state index in [1.165, 1.54) is 27.8 Å². The van der Waals surface area contributed by atoms with Gasteiger partial charge in [0, 0.05) is 24.5 Å². The number of amides is 1. The molecule has 1 amide bonds. The fraction of sp³-hybridized carbons (Fsp3) is 0.429. The first-order valence-corrected chi connectivity index (χ1v) is 9.86. The van der Waals surface area contributed by atoms with Crippen LogP contribution in [-0.4, -0.2) is 28.1 Å². The highest BCUT2D eigenvalue weighted by atomic mass is 32.2. The zero-order valence-corrected chi connectivity index (χ0v) is 16.5. The Bertz CT molecular complexity index is 777. The topological polar surface area (TPSA) is 33.2 Å². The van der Waals surface area contributed by atoms with Crippen LogP contribution in [0.4, 0.5) is 0 Å². The van der Waals surface area contributed by atoms with Crippen molar-refractivity contribution in [2.75, 3.05) is 12.3 Å². The molecule has 2 aromatic rings. The monoisotopic (exact) mass is 354 g/mol. The van der Waals surface area contributed by atoms with E-state index in [-0.39, 0.29) is 11.3 Å². The minimum absolute atomic E-state index is 0.0544. The van der Waals surface area contributed by atoms with Crippen LogP contribution in [0.25, 0.3) is 11.1 Å². The van der Waals surface area contributed by atoms with Crippen LogP contribution in [0.3, 0.4) is 0 Å². The van der Waals surface area contributed by atoms with Gasteiger partial charge in [0.05, 0.1) is 5.75 Å². The van der Waals surface area contributed by atoms with E-state index in [1.54, 1.807) is 11.8 Å². The smallest absolute Gasteiger partial charge is 0.233 e. The summed E-state index contributed by atoms with van der Waals surface area (Å²) >= 11 is 1.71. The second-order valence-electron chi connectivity index (χ2n) is 7.34. The highest BCUT2D eigenvalue weighted by molar-refractivity contribution is 8.00. The van der Waals surface area contributed by atoms with Gasteiger partial charge in [0.15, 0.2) is 0 Å². The third-order valence-electron chi connectivity index (χ3n) is 4.59. The number of rotatable bonds is 4. The maximum absolute atomic E-state index is 12.4. The van der Waals surface area contributed by atoms with Gasteiger partial charge in [0.25, 0.3) is 0 Å². The number of nitrogens with zero attached hydrogens (tertiary/aromatic N) is 2. The molecule has 3 nitrogen and oxygen atoms in total. The van der Waals surface area contributed by atoms with Crippen molar-refractivity contribution >= 4 is 17.7 Å². The second kappa shape index (κ2) is 7.20. The molecule has 0 spiro atoms. The fourth-order valence-electron chi connectivity index (χ4n) is 3.74. The number of benzene rings is 1. The van der Waals surface area contributed by atoms with Crippen LogP contribution in [0.5, 0.6) is 0 Å². The van der Waals surface area contributed by atoms with Gasteiger partial charge in [-0.25, -0.2) is 0 Å². The molecule has 1 saturated heterocycles. The van der Waals surface area contributed by atoms with Gasteiger partial charge in [-0.3, -0.25) is 9.78 Å². The molecule has 2 heterocycles. The molecule has 1 unspecified atom stereocenters. The van der Waals surface area contributed by atoms with Crippen molar-refractivity contribution in [3.05, 3.63) is 52.8 Å². The number of aromatic nitrogens is 1. The summed E-state index contributed by atoms with van der Waals surface area (Å²) in [6.45, 7) is 11.6. The number of hydrogen-bond acceptors (Lipinski definition) is 3. The summed E-state index contributed by atoms with van der Waals surface area (Å²) in [5.74, 6) is 1.24. The highest BCUT2D eigenvalue weighted by Crippen LogP contribution is 2.43. The van der Waals surface area contributed by atoms with E-state index >= 15 is 0 Å². The van der Waals surface area contributed by atoms with Crippen molar-refractivity contribution in [2.24, 2.45) is 5.92 Å². The van der Waals surface area contributed by atoms with E-state index in [0.29, 0.717) is 11.7 Å².